The van der Waals surface area contributed by atoms with Crippen molar-refractivity contribution in [1.82, 2.24) is 0 Å². The molecule has 0 bridgehead atoms. The quantitative estimate of drug-likeness (QED) is 0.467. The fraction of sp³-hybridized carbons (Fsp3) is 0.464. The second-order valence-corrected chi connectivity index (χ2v) is 12.7. The van der Waals surface area contributed by atoms with E-state index in [1.807, 2.05) is 36.6 Å². The zero-order chi connectivity index (χ0) is 24.8. The SMILES string of the molecule is CSC1=NC[C@@]2(S1)C(=O)N(C(=O)O[C@@H]1C[C@H](C)CC[C@H]1C(C)(C)c1ccccc1)c1ccccc12. The van der Waals surface area contributed by atoms with E-state index in [0.29, 0.717) is 18.2 Å². The fourth-order valence-electron chi connectivity index (χ4n) is 5.89. The number of para-hydroxylation sites is 1. The summed E-state index contributed by atoms with van der Waals surface area (Å²) in [7, 11) is 0. The number of carbonyl (C=O) groups is 2. The van der Waals surface area contributed by atoms with Crippen LogP contribution in [0.2, 0.25) is 0 Å². The van der Waals surface area contributed by atoms with Crippen molar-refractivity contribution >= 4 is 45.6 Å². The molecule has 1 fully saturated rings. The minimum Gasteiger partial charge on any atom is -0.445 e. The Labute approximate surface area is 216 Å². The molecule has 7 heteroatoms. The number of amides is 2. The smallest absolute Gasteiger partial charge is 0.421 e. The van der Waals surface area contributed by atoms with Gasteiger partial charge < -0.3 is 4.74 Å². The largest absolute Gasteiger partial charge is 0.445 e. The van der Waals surface area contributed by atoms with Gasteiger partial charge in [-0.25, -0.2) is 9.69 Å². The Kier molecular flexibility index (Phi) is 6.51. The highest BCUT2D eigenvalue weighted by Gasteiger charge is 2.57. The fourth-order valence-corrected chi connectivity index (χ4v) is 7.86. The lowest BCUT2D eigenvalue weighted by molar-refractivity contribution is -0.119. The minimum atomic E-state index is -0.878. The van der Waals surface area contributed by atoms with Crippen molar-refractivity contribution in [2.45, 2.75) is 56.3 Å². The Hall–Kier alpha value is -2.25. The Balaban J connectivity index is 1.43. The van der Waals surface area contributed by atoms with Gasteiger partial charge in [-0.05, 0) is 42.1 Å². The van der Waals surface area contributed by atoms with Gasteiger partial charge in [0.1, 0.15) is 15.2 Å². The standard InChI is InChI=1S/C28H32N2O3S2/c1-18-14-15-21(27(2,3)19-10-6-5-7-11-19)23(16-18)33-26(32)30-22-13-9-8-12-20(22)28(24(30)31)17-29-25(34-4)35-28/h5-13,18,21,23H,14-17H2,1-4H3/t18-,21-,23-,28+/m1/s1. The predicted molar refractivity (Wildman–Crippen MR) is 145 cm³/mol. The third-order valence-electron chi connectivity index (χ3n) is 7.93. The summed E-state index contributed by atoms with van der Waals surface area (Å²) >= 11 is 2.99. The van der Waals surface area contributed by atoms with E-state index in [-0.39, 0.29) is 23.3 Å². The van der Waals surface area contributed by atoms with Crippen LogP contribution >= 0.6 is 23.5 Å². The van der Waals surface area contributed by atoms with Crippen LogP contribution in [0.4, 0.5) is 10.5 Å². The van der Waals surface area contributed by atoms with Crippen molar-refractivity contribution in [2.75, 3.05) is 17.7 Å². The molecule has 5 rings (SSSR count). The summed E-state index contributed by atoms with van der Waals surface area (Å²) in [4.78, 5) is 33.4. The molecule has 3 aliphatic rings. The van der Waals surface area contributed by atoms with Gasteiger partial charge in [-0.15, -0.1) is 11.8 Å². The molecular weight excluding hydrogens is 476 g/mol. The summed E-state index contributed by atoms with van der Waals surface area (Å²) < 4.78 is 6.25. The Morgan fingerprint density at radius 2 is 1.86 bits per heavy atom. The molecule has 2 aromatic carbocycles. The maximum Gasteiger partial charge on any atom is 0.421 e. The topological polar surface area (TPSA) is 59.0 Å². The number of fused-ring (bicyclic) bond motifs is 2. The Morgan fingerprint density at radius 1 is 1.14 bits per heavy atom. The zero-order valence-electron chi connectivity index (χ0n) is 20.7. The maximum absolute atomic E-state index is 13.8. The van der Waals surface area contributed by atoms with Gasteiger partial charge in [0.2, 0.25) is 0 Å². The summed E-state index contributed by atoms with van der Waals surface area (Å²) in [6, 6.07) is 18.0. The third-order valence-corrected chi connectivity index (χ3v) is 10.3. The highest BCUT2D eigenvalue weighted by Crippen LogP contribution is 2.54. The highest BCUT2D eigenvalue weighted by molar-refractivity contribution is 8.39. The summed E-state index contributed by atoms with van der Waals surface area (Å²) in [6.07, 6.45) is 4.03. The van der Waals surface area contributed by atoms with Crippen LogP contribution in [-0.2, 0) is 19.7 Å². The average molecular weight is 509 g/mol. The molecule has 0 unspecified atom stereocenters. The van der Waals surface area contributed by atoms with Gasteiger partial charge in [-0.2, -0.15) is 0 Å². The lowest BCUT2D eigenvalue weighted by atomic mass is 9.64. The first-order chi connectivity index (χ1) is 16.8. The average Bonchev–Trinajstić information content (AvgIpc) is 3.40. The molecule has 1 saturated carbocycles. The number of hydrogen-bond acceptors (Lipinski definition) is 6. The molecule has 2 amide bonds. The first kappa shape index (κ1) is 24.4. The molecule has 0 N–H and O–H groups in total. The number of thioether (sulfide) groups is 2. The molecule has 0 saturated heterocycles. The maximum atomic E-state index is 13.8. The monoisotopic (exact) mass is 508 g/mol. The number of benzene rings is 2. The summed E-state index contributed by atoms with van der Waals surface area (Å²) in [5.41, 5.74) is 2.54. The number of anilines is 1. The van der Waals surface area contributed by atoms with Crippen molar-refractivity contribution in [3.63, 3.8) is 0 Å². The van der Waals surface area contributed by atoms with Crippen molar-refractivity contribution in [3.8, 4) is 0 Å². The van der Waals surface area contributed by atoms with Gasteiger partial charge in [0.05, 0.1) is 12.2 Å². The summed E-state index contributed by atoms with van der Waals surface area (Å²) in [5, 5.41) is 0. The van der Waals surface area contributed by atoms with E-state index in [4.69, 9.17) is 4.74 Å². The number of ether oxygens (including phenoxy) is 1. The second kappa shape index (κ2) is 9.32. The predicted octanol–water partition coefficient (Wildman–Crippen LogP) is 6.61. The van der Waals surface area contributed by atoms with Crippen LogP contribution in [0.25, 0.3) is 0 Å². The van der Waals surface area contributed by atoms with Gasteiger partial charge >= 0.3 is 6.09 Å². The van der Waals surface area contributed by atoms with E-state index < -0.39 is 10.8 Å². The van der Waals surface area contributed by atoms with E-state index in [9.17, 15) is 9.59 Å². The number of hydrogen-bond donors (Lipinski definition) is 0. The number of rotatable bonds is 3. The van der Waals surface area contributed by atoms with Crippen LogP contribution in [0, 0.1) is 11.8 Å². The van der Waals surface area contributed by atoms with Gasteiger partial charge in [-0.1, -0.05) is 87.5 Å². The van der Waals surface area contributed by atoms with Crippen LogP contribution in [0.3, 0.4) is 0 Å². The molecule has 0 radical (unpaired) electrons. The summed E-state index contributed by atoms with van der Waals surface area (Å²) in [5.74, 6) is 0.384. The first-order valence-corrected chi connectivity index (χ1v) is 14.3. The number of imide groups is 1. The van der Waals surface area contributed by atoms with Crippen molar-refractivity contribution in [3.05, 3.63) is 65.7 Å². The van der Waals surface area contributed by atoms with Crippen LogP contribution in [0.15, 0.2) is 59.6 Å². The molecule has 184 valence electrons. The third kappa shape index (κ3) is 4.10. The number of aliphatic imine (C=N–C) groups is 1. The van der Waals surface area contributed by atoms with Gasteiger partial charge in [0.25, 0.3) is 5.91 Å². The van der Waals surface area contributed by atoms with E-state index in [1.54, 1.807) is 0 Å². The van der Waals surface area contributed by atoms with Crippen LogP contribution in [0.1, 0.15) is 51.2 Å². The van der Waals surface area contributed by atoms with Crippen LogP contribution in [-0.4, -0.2) is 35.3 Å². The number of carbonyl (C=O) groups excluding carboxylic acids is 2. The van der Waals surface area contributed by atoms with E-state index in [1.165, 1.54) is 34.0 Å². The van der Waals surface area contributed by atoms with E-state index in [0.717, 1.165) is 29.2 Å². The molecule has 2 heterocycles. The lowest BCUT2D eigenvalue weighted by Crippen LogP contribution is -2.48. The van der Waals surface area contributed by atoms with Crippen LogP contribution < -0.4 is 4.90 Å². The molecule has 35 heavy (non-hydrogen) atoms. The second-order valence-electron chi connectivity index (χ2n) is 10.4. The van der Waals surface area contributed by atoms with Crippen LogP contribution in [0.5, 0.6) is 0 Å². The van der Waals surface area contributed by atoms with E-state index >= 15 is 0 Å². The molecule has 2 aromatic rings. The molecule has 1 spiro atoms. The zero-order valence-corrected chi connectivity index (χ0v) is 22.3. The van der Waals surface area contributed by atoms with Gasteiger partial charge in [-0.3, -0.25) is 9.79 Å². The molecule has 2 aliphatic heterocycles. The molecule has 1 aliphatic carbocycles. The minimum absolute atomic E-state index is 0.164. The molecular formula is C28H32N2O3S2. The Morgan fingerprint density at radius 3 is 2.57 bits per heavy atom. The van der Waals surface area contributed by atoms with Crippen molar-refractivity contribution in [2.24, 2.45) is 16.8 Å². The lowest BCUT2D eigenvalue weighted by Gasteiger charge is -2.44. The molecule has 4 atom stereocenters. The highest BCUT2D eigenvalue weighted by atomic mass is 32.2. The van der Waals surface area contributed by atoms with E-state index in [2.05, 4.69) is 50.0 Å². The Bertz CT molecular complexity index is 1170. The molecule has 5 nitrogen and oxygen atoms in total. The summed E-state index contributed by atoms with van der Waals surface area (Å²) in [6.45, 7) is 7.04. The number of nitrogens with zero attached hydrogens (tertiary/aromatic N) is 2. The van der Waals surface area contributed by atoms with Crippen molar-refractivity contribution < 1.29 is 14.3 Å². The molecule has 0 aromatic heterocycles. The first-order valence-electron chi connectivity index (χ1n) is 12.3. The normalized spacial score (nSPS) is 28.2. The van der Waals surface area contributed by atoms with Gasteiger partial charge in [0, 0.05) is 11.5 Å². The van der Waals surface area contributed by atoms with Gasteiger partial charge in [0.15, 0.2) is 0 Å². The van der Waals surface area contributed by atoms with Crippen molar-refractivity contribution in [1.29, 1.82) is 0 Å².